The smallest absolute Gasteiger partial charge is 0.294 e. The molecule has 0 aliphatic heterocycles. The van der Waals surface area contributed by atoms with Crippen molar-refractivity contribution >= 4 is 22.2 Å². The average Bonchev–Trinajstić information content (AvgIpc) is 2.34. The lowest BCUT2D eigenvalue weighted by Crippen LogP contribution is -2.11. The van der Waals surface area contributed by atoms with Crippen LogP contribution in [0.2, 0.25) is 0 Å². The molecule has 0 bridgehead atoms. The predicted molar refractivity (Wildman–Crippen MR) is 64.5 cm³/mol. The Hall–Kier alpha value is -1.83. The maximum Gasteiger partial charge on any atom is 0.294 e. The van der Waals surface area contributed by atoms with Crippen LogP contribution in [0.5, 0.6) is 11.5 Å². The monoisotopic (exact) mass is 319 g/mol. The van der Waals surface area contributed by atoms with Crippen LogP contribution in [0.1, 0.15) is 10.4 Å². The summed E-state index contributed by atoms with van der Waals surface area (Å²) in [4.78, 5) is 24.7. The second-order valence-corrected chi connectivity index (χ2v) is 3.91. The number of hydrogen-bond donors (Lipinski definition) is 0. The van der Waals surface area contributed by atoms with Gasteiger partial charge in [0.1, 0.15) is 19.5 Å². The van der Waals surface area contributed by atoms with Crippen molar-refractivity contribution in [3.63, 3.8) is 0 Å². The van der Waals surface area contributed by atoms with Crippen molar-refractivity contribution < 1.29 is 24.2 Å². The molecule has 18 heavy (non-hydrogen) atoms. The van der Waals surface area contributed by atoms with E-state index in [2.05, 4.69) is 20.8 Å². The van der Waals surface area contributed by atoms with Gasteiger partial charge in [-0.25, -0.2) is 0 Å². The molecule has 1 aromatic rings. The first-order chi connectivity index (χ1) is 8.58. The topological polar surface area (TPSA) is 87.9 Å². The molecule has 7 nitrogen and oxygen atoms in total. The second kappa shape index (κ2) is 6.80. The lowest BCUT2D eigenvalue weighted by Gasteiger charge is -2.12. The molecule has 8 heteroatoms. The van der Waals surface area contributed by atoms with Crippen molar-refractivity contribution in [1.29, 1.82) is 0 Å². The maximum absolute atomic E-state index is 10.7. The third kappa shape index (κ3) is 3.88. The van der Waals surface area contributed by atoms with Gasteiger partial charge in [-0.3, -0.25) is 4.79 Å². The van der Waals surface area contributed by atoms with Gasteiger partial charge in [-0.1, -0.05) is 0 Å². The van der Waals surface area contributed by atoms with Crippen LogP contribution < -0.4 is 9.47 Å². The summed E-state index contributed by atoms with van der Waals surface area (Å²) >= 11 is 3.22. The SMILES string of the molecule is COc1cc(C=O)cc(Br)c1OCCO[N+](=O)[O-]. The van der Waals surface area contributed by atoms with Crippen LogP contribution in [0.15, 0.2) is 16.6 Å². The van der Waals surface area contributed by atoms with Gasteiger partial charge in [-0.05, 0) is 28.1 Å². The van der Waals surface area contributed by atoms with E-state index in [0.29, 0.717) is 27.8 Å². The van der Waals surface area contributed by atoms with Crippen molar-refractivity contribution in [3.05, 3.63) is 32.3 Å². The van der Waals surface area contributed by atoms with E-state index in [1.54, 1.807) is 6.07 Å². The molecule has 98 valence electrons. The van der Waals surface area contributed by atoms with Gasteiger partial charge in [0.25, 0.3) is 5.09 Å². The van der Waals surface area contributed by atoms with Crippen LogP contribution in [-0.2, 0) is 4.84 Å². The van der Waals surface area contributed by atoms with E-state index < -0.39 is 5.09 Å². The molecular weight excluding hydrogens is 310 g/mol. The van der Waals surface area contributed by atoms with Gasteiger partial charge < -0.3 is 14.3 Å². The van der Waals surface area contributed by atoms with Gasteiger partial charge in [0.15, 0.2) is 11.5 Å². The molecule has 1 rings (SSSR count). The van der Waals surface area contributed by atoms with Crippen LogP contribution in [0.4, 0.5) is 0 Å². The van der Waals surface area contributed by atoms with E-state index >= 15 is 0 Å². The van der Waals surface area contributed by atoms with Crippen molar-refractivity contribution in [1.82, 2.24) is 0 Å². The summed E-state index contributed by atoms with van der Waals surface area (Å²) in [6.07, 6.45) is 0.674. The first kappa shape index (κ1) is 14.2. The number of nitrogens with zero attached hydrogens (tertiary/aromatic N) is 1. The van der Waals surface area contributed by atoms with E-state index in [1.807, 2.05) is 0 Å². The standard InChI is InChI=1S/C10H10BrNO6/c1-16-9-5-7(6-13)4-8(11)10(9)17-2-3-18-12(14)15/h4-6H,2-3H2,1H3. The average molecular weight is 320 g/mol. The van der Waals surface area contributed by atoms with E-state index in [1.165, 1.54) is 13.2 Å². The molecule has 1 aromatic carbocycles. The van der Waals surface area contributed by atoms with Crippen molar-refractivity contribution in [2.24, 2.45) is 0 Å². The number of carbonyl (C=O) groups is 1. The lowest BCUT2D eigenvalue weighted by atomic mass is 10.2. The van der Waals surface area contributed by atoms with Crippen LogP contribution >= 0.6 is 15.9 Å². The molecule has 0 aromatic heterocycles. The normalized spacial score (nSPS) is 9.67. The zero-order valence-corrected chi connectivity index (χ0v) is 11.0. The third-order valence-corrected chi connectivity index (χ3v) is 2.50. The zero-order valence-electron chi connectivity index (χ0n) is 9.42. The van der Waals surface area contributed by atoms with Gasteiger partial charge in [-0.15, -0.1) is 10.1 Å². The highest BCUT2D eigenvalue weighted by atomic mass is 79.9. The molecule has 0 saturated heterocycles. The minimum absolute atomic E-state index is 0.0175. The Morgan fingerprint density at radius 1 is 1.44 bits per heavy atom. The molecule has 0 aliphatic carbocycles. The highest BCUT2D eigenvalue weighted by molar-refractivity contribution is 9.10. The van der Waals surface area contributed by atoms with Gasteiger partial charge in [-0.2, -0.15) is 0 Å². The van der Waals surface area contributed by atoms with Crippen molar-refractivity contribution in [3.8, 4) is 11.5 Å². The van der Waals surface area contributed by atoms with E-state index in [0.717, 1.165) is 0 Å². The molecule has 0 N–H and O–H groups in total. The third-order valence-electron chi connectivity index (χ3n) is 1.91. The Labute approximate surface area is 111 Å². The van der Waals surface area contributed by atoms with Gasteiger partial charge in [0, 0.05) is 5.56 Å². The number of halogens is 1. The van der Waals surface area contributed by atoms with E-state index in [4.69, 9.17) is 9.47 Å². The van der Waals surface area contributed by atoms with E-state index in [-0.39, 0.29) is 13.2 Å². The fourth-order valence-corrected chi connectivity index (χ4v) is 1.78. The molecule has 0 unspecified atom stereocenters. The molecule has 0 spiro atoms. The number of rotatable bonds is 7. The van der Waals surface area contributed by atoms with Gasteiger partial charge >= 0.3 is 0 Å². The number of methoxy groups -OCH3 is 1. The molecule has 0 atom stereocenters. The molecule has 0 aliphatic rings. The first-order valence-electron chi connectivity index (χ1n) is 4.81. The molecule has 0 fully saturated rings. The molecule has 0 heterocycles. The van der Waals surface area contributed by atoms with Gasteiger partial charge in [0.05, 0.1) is 11.6 Å². The fourth-order valence-electron chi connectivity index (χ4n) is 1.20. The van der Waals surface area contributed by atoms with Crippen LogP contribution in [0, 0.1) is 10.1 Å². The van der Waals surface area contributed by atoms with E-state index in [9.17, 15) is 14.9 Å². The Balaban J connectivity index is 2.75. The fraction of sp³-hybridized carbons (Fsp3) is 0.300. The summed E-state index contributed by atoms with van der Waals surface area (Å²) in [6, 6.07) is 3.06. The minimum atomic E-state index is -0.898. The lowest BCUT2D eigenvalue weighted by molar-refractivity contribution is -0.757. The summed E-state index contributed by atoms with van der Waals surface area (Å²) in [5.41, 5.74) is 0.424. The first-order valence-corrected chi connectivity index (χ1v) is 5.60. The number of hydrogen-bond acceptors (Lipinski definition) is 6. The summed E-state index contributed by atoms with van der Waals surface area (Å²) < 4.78 is 10.9. The molecule has 0 amide bonds. The molecular formula is C10H10BrNO6. The molecule has 0 saturated carbocycles. The quantitative estimate of drug-likeness (QED) is 0.330. The number of carbonyl (C=O) groups excluding carboxylic acids is 1. The number of benzene rings is 1. The van der Waals surface area contributed by atoms with Crippen molar-refractivity contribution in [2.45, 2.75) is 0 Å². The largest absolute Gasteiger partial charge is 0.493 e. The highest BCUT2D eigenvalue weighted by Crippen LogP contribution is 2.36. The van der Waals surface area contributed by atoms with Crippen LogP contribution in [0.25, 0.3) is 0 Å². The Kier molecular flexibility index (Phi) is 5.37. The number of aldehydes is 1. The summed E-state index contributed by atoms with van der Waals surface area (Å²) in [5.74, 6) is 0.711. The highest BCUT2D eigenvalue weighted by Gasteiger charge is 2.11. The van der Waals surface area contributed by atoms with Crippen LogP contribution in [-0.4, -0.2) is 31.7 Å². The molecule has 0 radical (unpaired) electrons. The predicted octanol–water partition coefficient (Wildman–Crippen LogP) is 1.86. The van der Waals surface area contributed by atoms with Crippen LogP contribution in [0.3, 0.4) is 0 Å². The Morgan fingerprint density at radius 2 is 2.17 bits per heavy atom. The summed E-state index contributed by atoms with van der Waals surface area (Å²) in [6.45, 7) is -0.214. The Bertz CT molecular complexity index is 450. The Morgan fingerprint density at radius 3 is 2.72 bits per heavy atom. The number of ether oxygens (including phenoxy) is 2. The summed E-state index contributed by atoms with van der Waals surface area (Å²) in [7, 11) is 1.43. The second-order valence-electron chi connectivity index (χ2n) is 3.06. The van der Waals surface area contributed by atoms with Gasteiger partial charge in [0.2, 0.25) is 0 Å². The minimum Gasteiger partial charge on any atom is -0.493 e. The maximum atomic E-state index is 10.7. The zero-order chi connectivity index (χ0) is 13.5. The van der Waals surface area contributed by atoms with Crippen molar-refractivity contribution in [2.75, 3.05) is 20.3 Å². The summed E-state index contributed by atoms with van der Waals surface area (Å²) in [5, 5.41) is 9.04.